The number of pyridine rings is 1. The van der Waals surface area contributed by atoms with E-state index in [1.54, 1.807) is 19.3 Å². The van der Waals surface area contributed by atoms with Crippen LogP contribution in [-0.4, -0.2) is 43.0 Å². The number of amides is 3. The van der Waals surface area contributed by atoms with Gasteiger partial charge in [0, 0.05) is 30.5 Å². The third-order valence-corrected chi connectivity index (χ3v) is 4.98. The first kappa shape index (κ1) is 18.4. The van der Waals surface area contributed by atoms with Crippen molar-refractivity contribution in [1.29, 1.82) is 0 Å². The van der Waals surface area contributed by atoms with Crippen LogP contribution in [0.25, 0.3) is 11.4 Å². The van der Waals surface area contributed by atoms with Crippen LogP contribution < -0.4 is 10.6 Å². The number of urea groups is 1. The molecule has 2 heterocycles. The Morgan fingerprint density at radius 1 is 1.31 bits per heavy atom. The average Bonchev–Trinajstić information content (AvgIpc) is 3.36. The third-order valence-electron chi connectivity index (χ3n) is 3.90. The van der Waals surface area contributed by atoms with Gasteiger partial charge in [-0.05, 0) is 38.3 Å². The number of thioether (sulfide) groups is 1. The Kier molecular flexibility index (Phi) is 5.87. The van der Waals surface area contributed by atoms with Crippen molar-refractivity contribution in [1.82, 2.24) is 30.4 Å². The topological polar surface area (TPSA) is 102 Å². The van der Waals surface area contributed by atoms with Gasteiger partial charge in [0.15, 0.2) is 11.0 Å². The fourth-order valence-corrected chi connectivity index (χ4v) is 3.27. The highest BCUT2D eigenvalue weighted by Gasteiger charge is 2.26. The number of hydrogen-bond acceptors (Lipinski definition) is 6. The van der Waals surface area contributed by atoms with Crippen LogP contribution in [0.1, 0.15) is 33.1 Å². The Morgan fingerprint density at radius 3 is 2.69 bits per heavy atom. The number of imide groups is 1. The van der Waals surface area contributed by atoms with Gasteiger partial charge in [0.1, 0.15) is 0 Å². The Balaban J connectivity index is 1.69. The molecule has 9 heteroatoms. The van der Waals surface area contributed by atoms with Gasteiger partial charge in [-0.1, -0.05) is 18.7 Å². The van der Waals surface area contributed by atoms with E-state index >= 15 is 0 Å². The van der Waals surface area contributed by atoms with E-state index in [-0.39, 0.29) is 11.9 Å². The molecule has 0 bridgehead atoms. The average molecular weight is 374 g/mol. The Morgan fingerprint density at radius 2 is 2.04 bits per heavy atom. The molecule has 3 rings (SSSR count). The molecule has 0 saturated heterocycles. The lowest BCUT2D eigenvalue weighted by atomic mass is 10.2. The van der Waals surface area contributed by atoms with E-state index in [0.717, 1.165) is 37.2 Å². The van der Waals surface area contributed by atoms with Gasteiger partial charge in [0.25, 0.3) is 0 Å². The van der Waals surface area contributed by atoms with Gasteiger partial charge in [-0.3, -0.25) is 15.1 Å². The van der Waals surface area contributed by atoms with Crippen LogP contribution in [0, 0.1) is 0 Å². The first-order chi connectivity index (χ1) is 12.6. The summed E-state index contributed by atoms with van der Waals surface area (Å²) in [4.78, 5) is 28.0. The second kappa shape index (κ2) is 8.31. The number of hydrogen-bond donors (Lipinski definition) is 2. The molecule has 0 aliphatic heterocycles. The summed E-state index contributed by atoms with van der Waals surface area (Å²) in [5.41, 5.74) is 0.925. The minimum Gasteiger partial charge on any atom is -0.335 e. The highest BCUT2D eigenvalue weighted by Crippen LogP contribution is 2.27. The number of aromatic nitrogens is 4. The smallest absolute Gasteiger partial charge is 0.321 e. The lowest BCUT2D eigenvalue weighted by Crippen LogP contribution is -2.43. The maximum atomic E-state index is 12.2. The highest BCUT2D eigenvalue weighted by molar-refractivity contribution is 8.00. The van der Waals surface area contributed by atoms with E-state index in [1.807, 2.05) is 16.7 Å². The number of carbonyl (C=O) groups is 2. The Labute approximate surface area is 156 Å². The van der Waals surface area contributed by atoms with Crippen LogP contribution in [0.4, 0.5) is 4.79 Å². The standard InChI is InChI=1S/C17H22N6O2S/c1-3-10-23-14(12-6-8-18-9-7-12)21-22-17(23)26-11(2)15(24)20-16(25)19-13-4-5-13/h6-9,11,13H,3-5,10H2,1-2H3,(H2,19,20,24,25). The van der Waals surface area contributed by atoms with Gasteiger partial charge < -0.3 is 9.88 Å². The zero-order valence-corrected chi connectivity index (χ0v) is 15.6. The molecule has 0 aromatic carbocycles. The molecule has 1 unspecified atom stereocenters. The van der Waals surface area contributed by atoms with Crippen LogP contribution >= 0.6 is 11.8 Å². The first-order valence-electron chi connectivity index (χ1n) is 8.70. The zero-order chi connectivity index (χ0) is 18.5. The summed E-state index contributed by atoms with van der Waals surface area (Å²) >= 11 is 1.29. The zero-order valence-electron chi connectivity index (χ0n) is 14.8. The predicted molar refractivity (Wildman–Crippen MR) is 98.6 cm³/mol. The summed E-state index contributed by atoms with van der Waals surface area (Å²) in [5, 5.41) is 13.8. The first-order valence-corrected chi connectivity index (χ1v) is 9.58. The Bertz CT molecular complexity index is 775. The highest BCUT2D eigenvalue weighted by atomic mass is 32.2. The summed E-state index contributed by atoms with van der Waals surface area (Å²) in [5.74, 6) is 0.403. The molecule has 1 aliphatic rings. The van der Waals surface area contributed by atoms with E-state index < -0.39 is 11.3 Å². The molecule has 26 heavy (non-hydrogen) atoms. The van der Waals surface area contributed by atoms with Crippen LogP contribution in [0.2, 0.25) is 0 Å². The number of carbonyl (C=O) groups excluding carboxylic acids is 2. The quantitative estimate of drug-likeness (QED) is 0.721. The van der Waals surface area contributed by atoms with E-state index in [0.29, 0.717) is 5.16 Å². The fourth-order valence-electron chi connectivity index (χ4n) is 2.39. The molecule has 1 atom stereocenters. The molecule has 8 nitrogen and oxygen atoms in total. The maximum Gasteiger partial charge on any atom is 0.321 e. The van der Waals surface area contributed by atoms with Crippen LogP contribution in [-0.2, 0) is 11.3 Å². The third kappa shape index (κ3) is 4.60. The molecule has 3 amide bonds. The maximum absolute atomic E-state index is 12.2. The van der Waals surface area contributed by atoms with Crippen molar-refractivity contribution in [3.05, 3.63) is 24.5 Å². The fraction of sp³-hybridized carbons (Fsp3) is 0.471. The van der Waals surface area contributed by atoms with Gasteiger partial charge >= 0.3 is 6.03 Å². The largest absolute Gasteiger partial charge is 0.335 e. The molecule has 138 valence electrons. The summed E-state index contributed by atoms with van der Waals surface area (Å²) in [6.45, 7) is 4.56. The van der Waals surface area contributed by atoms with Gasteiger partial charge in [-0.25, -0.2) is 4.79 Å². The van der Waals surface area contributed by atoms with Crippen molar-refractivity contribution in [2.24, 2.45) is 0 Å². The summed E-state index contributed by atoms with van der Waals surface area (Å²) < 4.78 is 1.99. The van der Waals surface area contributed by atoms with Crippen molar-refractivity contribution in [2.45, 2.75) is 56.1 Å². The Hall–Kier alpha value is -2.42. The van der Waals surface area contributed by atoms with E-state index in [4.69, 9.17) is 0 Å². The van der Waals surface area contributed by atoms with Gasteiger partial charge in [0.05, 0.1) is 5.25 Å². The predicted octanol–water partition coefficient (Wildman–Crippen LogP) is 2.22. The van der Waals surface area contributed by atoms with Crippen molar-refractivity contribution >= 4 is 23.7 Å². The summed E-state index contributed by atoms with van der Waals surface area (Å²) in [7, 11) is 0. The lowest BCUT2D eigenvalue weighted by molar-refractivity contribution is -0.119. The lowest BCUT2D eigenvalue weighted by Gasteiger charge is -2.13. The number of nitrogens with zero attached hydrogens (tertiary/aromatic N) is 4. The molecule has 0 spiro atoms. The summed E-state index contributed by atoms with van der Waals surface area (Å²) in [6, 6.07) is 3.53. The van der Waals surface area contributed by atoms with E-state index in [1.165, 1.54) is 11.8 Å². The second-order valence-corrected chi connectivity index (χ2v) is 7.50. The molecular formula is C17H22N6O2S. The summed E-state index contributed by atoms with van der Waals surface area (Å²) in [6.07, 6.45) is 6.28. The van der Waals surface area contributed by atoms with Gasteiger partial charge in [0.2, 0.25) is 5.91 Å². The minimum atomic E-state index is -0.468. The molecule has 1 saturated carbocycles. The van der Waals surface area contributed by atoms with Crippen LogP contribution in [0.5, 0.6) is 0 Å². The monoisotopic (exact) mass is 374 g/mol. The van der Waals surface area contributed by atoms with Crippen LogP contribution in [0.15, 0.2) is 29.7 Å². The molecule has 1 aliphatic carbocycles. The molecular weight excluding hydrogens is 352 g/mol. The van der Waals surface area contributed by atoms with Crippen molar-refractivity contribution in [3.63, 3.8) is 0 Å². The van der Waals surface area contributed by atoms with Crippen molar-refractivity contribution in [2.75, 3.05) is 0 Å². The molecule has 2 N–H and O–H groups in total. The van der Waals surface area contributed by atoms with Gasteiger partial charge in [-0.2, -0.15) is 0 Å². The van der Waals surface area contributed by atoms with Crippen molar-refractivity contribution in [3.8, 4) is 11.4 Å². The number of nitrogens with one attached hydrogen (secondary N) is 2. The molecule has 0 radical (unpaired) electrons. The van der Waals surface area contributed by atoms with E-state index in [2.05, 4.69) is 32.7 Å². The molecule has 2 aromatic rings. The minimum absolute atomic E-state index is 0.210. The molecule has 1 fully saturated rings. The second-order valence-electron chi connectivity index (χ2n) is 6.19. The van der Waals surface area contributed by atoms with Crippen LogP contribution in [0.3, 0.4) is 0 Å². The number of rotatable bonds is 7. The normalized spacial score (nSPS) is 14.7. The SMILES string of the molecule is CCCn1c(SC(C)C(=O)NC(=O)NC2CC2)nnc1-c1ccncc1. The molecule has 2 aromatic heterocycles. The van der Waals surface area contributed by atoms with Crippen molar-refractivity contribution < 1.29 is 9.59 Å². The van der Waals surface area contributed by atoms with Gasteiger partial charge in [-0.15, -0.1) is 10.2 Å². The van der Waals surface area contributed by atoms with E-state index in [9.17, 15) is 9.59 Å².